The van der Waals surface area contributed by atoms with Gasteiger partial charge in [0.05, 0.1) is 12.7 Å². The smallest absolute Gasteiger partial charge is 0.416 e. The minimum Gasteiger partial charge on any atom is -0.495 e. The highest BCUT2D eigenvalue weighted by Crippen LogP contribution is 2.33. The molecule has 0 saturated heterocycles. The van der Waals surface area contributed by atoms with Crippen LogP contribution in [-0.2, 0) is 21.0 Å². The second kappa shape index (κ2) is 9.17. The number of ether oxygens (including phenoxy) is 1. The van der Waals surface area contributed by atoms with Crippen molar-refractivity contribution >= 4 is 27.3 Å². The van der Waals surface area contributed by atoms with Crippen LogP contribution < -0.4 is 14.8 Å². The van der Waals surface area contributed by atoms with Crippen molar-refractivity contribution in [2.24, 2.45) is 5.92 Å². The molecule has 168 valence electrons. The average molecular weight is 456 g/mol. The van der Waals surface area contributed by atoms with Gasteiger partial charge in [0.25, 0.3) is 10.0 Å². The Morgan fingerprint density at radius 1 is 1.03 bits per heavy atom. The normalized spacial score (nSPS) is 15.4. The summed E-state index contributed by atoms with van der Waals surface area (Å²) in [5.41, 5.74) is -0.822. The zero-order chi connectivity index (χ0) is 22.6. The van der Waals surface area contributed by atoms with Crippen molar-refractivity contribution in [2.75, 3.05) is 17.1 Å². The van der Waals surface area contributed by atoms with Crippen LogP contribution in [0, 0.1) is 5.92 Å². The largest absolute Gasteiger partial charge is 0.495 e. The third-order valence-electron chi connectivity index (χ3n) is 5.14. The SMILES string of the molecule is COc1cc(NC(=O)C2CCCCC2)ccc1S(=O)(=O)Nc1cccc(C(F)(F)F)c1. The fraction of sp³-hybridized carbons (Fsp3) is 0.381. The Morgan fingerprint density at radius 3 is 2.39 bits per heavy atom. The summed E-state index contributed by atoms with van der Waals surface area (Å²) in [6.45, 7) is 0. The lowest BCUT2D eigenvalue weighted by Crippen LogP contribution is -2.24. The van der Waals surface area contributed by atoms with Gasteiger partial charge in [0.1, 0.15) is 10.6 Å². The van der Waals surface area contributed by atoms with E-state index in [9.17, 15) is 26.4 Å². The molecular weight excluding hydrogens is 433 g/mol. The first kappa shape index (κ1) is 22.9. The molecule has 6 nitrogen and oxygen atoms in total. The van der Waals surface area contributed by atoms with E-state index in [0.29, 0.717) is 11.8 Å². The van der Waals surface area contributed by atoms with Gasteiger partial charge >= 0.3 is 6.18 Å². The number of hydrogen-bond donors (Lipinski definition) is 2. The van der Waals surface area contributed by atoms with E-state index >= 15 is 0 Å². The number of carbonyl (C=O) groups is 1. The van der Waals surface area contributed by atoms with Gasteiger partial charge in [0.15, 0.2) is 0 Å². The fourth-order valence-corrected chi connectivity index (χ4v) is 4.75. The van der Waals surface area contributed by atoms with E-state index in [4.69, 9.17) is 4.74 Å². The van der Waals surface area contributed by atoms with Crippen LogP contribution in [0.1, 0.15) is 37.7 Å². The van der Waals surface area contributed by atoms with Crippen molar-refractivity contribution in [2.45, 2.75) is 43.2 Å². The summed E-state index contributed by atoms with van der Waals surface area (Å²) >= 11 is 0. The lowest BCUT2D eigenvalue weighted by molar-refractivity contribution is -0.137. The van der Waals surface area contributed by atoms with Gasteiger partial charge in [0.2, 0.25) is 5.91 Å². The molecule has 0 atom stereocenters. The number of rotatable bonds is 6. The summed E-state index contributed by atoms with van der Waals surface area (Å²) in [6.07, 6.45) is 0.145. The molecule has 0 radical (unpaired) electrons. The maximum atomic E-state index is 12.9. The lowest BCUT2D eigenvalue weighted by Gasteiger charge is -2.21. The number of carbonyl (C=O) groups excluding carboxylic acids is 1. The van der Waals surface area contributed by atoms with Crippen LogP contribution in [0.3, 0.4) is 0 Å². The molecule has 1 aliphatic carbocycles. The molecule has 1 aliphatic rings. The topological polar surface area (TPSA) is 84.5 Å². The van der Waals surface area contributed by atoms with E-state index in [-0.39, 0.29) is 28.2 Å². The molecule has 0 heterocycles. The number of nitrogens with one attached hydrogen (secondary N) is 2. The summed E-state index contributed by atoms with van der Waals surface area (Å²) < 4.78 is 71.5. The van der Waals surface area contributed by atoms with Crippen LogP contribution in [-0.4, -0.2) is 21.4 Å². The highest BCUT2D eigenvalue weighted by atomic mass is 32.2. The Hall–Kier alpha value is -2.75. The van der Waals surface area contributed by atoms with Gasteiger partial charge in [-0.05, 0) is 43.2 Å². The molecule has 0 unspecified atom stereocenters. The van der Waals surface area contributed by atoms with Crippen molar-refractivity contribution < 1.29 is 31.1 Å². The molecule has 0 aliphatic heterocycles. The van der Waals surface area contributed by atoms with Gasteiger partial charge in [-0.3, -0.25) is 9.52 Å². The average Bonchev–Trinajstić information content (AvgIpc) is 2.73. The van der Waals surface area contributed by atoms with Gasteiger partial charge < -0.3 is 10.1 Å². The van der Waals surface area contributed by atoms with Crippen molar-refractivity contribution in [3.05, 3.63) is 48.0 Å². The summed E-state index contributed by atoms with van der Waals surface area (Å²) in [5, 5.41) is 2.78. The quantitative estimate of drug-likeness (QED) is 0.638. The second-order valence-electron chi connectivity index (χ2n) is 7.37. The van der Waals surface area contributed by atoms with Gasteiger partial charge in [-0.2, -0.15) is 13.2 Å². The number of hydrogen-bond acceptors (Lipinski definition) is 4. The van der Waals surface area contributed by atoms with Crippen LogP contribution in [0.5, 0.6) is 5.75 Å². The Bertz CT molecular complexity index is 1050. The van der Waals surface area contributed by atoms with Crippen LogP contribution in [0.2, 0.25) is 0 Å². The number of halogens is 3. The molecule has 31 heavy (non-hydrogen) atoms. The molecule has 1 amide bonds. The molecule has 2 N–H and O–H groups in total. The van der Waals surface area contributed by atoms with Crippen LogP contribution in [0.4, 0.5) is 24.5 Å². The van der Waals surface area contributed by atoms with Gasteiger partial charge in [-0.25, -0.2) is 8.42 Å². The summed E-state index contributed by atoms with van der Waals surface area (Å²) in [4.78, 5) is 12.2. The highest BCUT2D eigenvalue weighted by Gasteiger charge is 2.31. The molecule has 10 heteroatoms. The Kier molecular flexibility index (Phi) is 6.78. The highest BCUT2D eigenvalue weighted by molar-refractivity contribution is 7.92. The van der Waals surface area contributed by atoms with Crippen molar-refractivity contribution in [1.82, 2.24) is 0 Å². The van der Waals surface area contributed by atoms with E-state index < -0.39 is 21.8 Å². The van der Waals surface area contributed by atoms with Crippen LogP contribution >= 0.6 is 0 Å². The van der Waals surface area contributed by atoms with Crippen molar-refractivity contribution in [3.8, 4) is 5.75 Å². The van der Waals surface area contributed by atoms with E-state index in [2.05, 4.69) is 10.0 Å². The molecule has 0 bridgehead atoms. The zero-order valence-electron chi connectivity index (χ0n) is 16.8. The Morgan fingerprint density at radius 2 is 1.74 bits per heavy atom. The minimum atomic E-state index is -4.60. The fourth-order valence-electron chi connectivity index (χ4n) is 3.55. The first-order chi connectivity index (χ1) is 14.6. The number of anilines is 2. The van der Waals surface area contributed by atoms with Gasteiger partial charge in [-0.1, -0.05) is 25.3 Å². The molecule has 0 spiro atoms. The summed E-state index contributed by atoms with van der Waals surface area (Å²) in [6, 6.07) is 7.93. The van der Waals surface area contributed by atoms with Crippen LogP contribution in [0.15, 0.2) is 47.4 Å². The standard InChI is InChI=1S/C21H23F3N2O4S/c1-30-18-13-16(25-20(27)14-6-3-2-4-7-14)10-11-19(18)31(28,29)26-17-9-5-8-15(12-17)21(22,23)24/h5,8-14,26H,2-4,6-7H2,1H3,(H,25,27). The maximum Gasteiger partial charge on any atom is 0.416 e. The molecule has 2 aromatic rings. The van der Waals surface area contributed by atoms with E-state index in [0.717, 1.165) is 44.2 Å². The molecule has 2 aromatic carbocycles. The predicted octanol–water partition coefficient (Wildman–Crippen LogP) is 5.03. The molecule has 0 aromatic heterocycles. The van der Waals surface area contributed by atoms with E-state index in [1.807, 2.05) is 0 Å². The summed E-state index contributed by atoms with van der Waals surface area (Å²) in [7, 11) is -2.97. The Labute approximate surface area is 178 Å². The third kappa shape index (κ3) is 5.69. The second-order valence-corrected chi connectivity index (χ2v) is 9.02. The lowest BCUT2D eigenvalue weighted by atomic mass is 9.88. The number of benzene rings is 2. The molecule has 3 rings (SSSR count). The van der Waals surface area contributed by atoms with E-state index in [1.165, 1.54) is 31.4 Å². The number of methoxy groups -OCH3 is 1. The molecule has 1 fully saturated rings. The number of amides is 1. The van der Waals surface area contributed by atoms with Gasteiger partial charge in [-0.15, -0.1) is 0 Å². The first-order valence-corrected chi connectivity index (χ1v) is 11.3. The van der Waals surface area contributed by atoms with Crippen molar-refractivity contribution in [3.63, 3.8) is 0 Å². The van der Waals surface area contributed by atoms with Crippen molar-refractivity contribution in [1.29, 1.82) is 0 Å². The molecule has 1 saturated carbocycles. The molecular formula is C21H23F3N2O4S. The number of alkyl halides is 3. The zero-order valence-corrected chi connectivity index (χ0v) is 17.6. The maximum absolute atomic E-state index is 12.9. The van der Waals surface area contributed by atoms with Crippen LogP contribution in [0.25, 0.3) is 0 Å². The number of sulfonamides is 1. The third-order valence-corrected chi connectivity index (χ3v) is 6.56. The van der Waals surface area contributed by atoms with Gasteiger partial charge in [0, 0.05) is 23.4 Å². The first-order valence-electron chi connectivity index (χ1n) is 9.79. The predicted molar refractivity (Wildman–Crippen MR) is 110 cm³/mol. The monoisotopic (exact) mass is 456 g/mol. The summed E-state index contributed by atoms with van der Waals surface area (Å²) in [5.74, 6) is -0.244. The minimum absolute atomic E-state index is 0.0408. The Balaban J connectivity index is 1.80. The van der Waals surface area contributed by atoms with E-state index in [1.54, 1.807) is 0 Å².